The highest BCUT2D eigenvalue weighted by Crippen LogP contribution is 2.61. The van der Waals surface area contributed by atoms with Crippen LogP contribution < -0.4 is 5.73 Å². The molecule has 162 valence electrons. The summed E-state index contributed by atoms with van der Waals surface area (Å²) >= 11 is 0. The number of hydrogen-bond donors (Lipinski definition) is 2. The molecule has 5 aliphatic rings. The quantitative estimate of drug-likeness (QED) is 0.724. The Morgan fingerprint density at radius 1 is 1.07 bits per heavy atom. The maximum Gasteiger partial charge on any atom is 0.329 e. The van der Waals surface area contributed by atoms with Crippen molar-refractivity contribution in [3.05, 3.63) is 35.9 Å². The van der Waals surface area contributed by atoms with Crippen molar-refractivity contribution in [2.45, 2.75) is 69.7 Å². The van der Waals surface area contributed by atoms with Gasteiger partial charge in [0.15, 0.2) is 0 Å². The Morgan fingerprint density at radius 2 is 1.67 bits per heavy atom. The minimum absolute atomic E-state index is 0.127. The normalized spacial score (nSPS) is 37.9. The number of aliphatic hydroxyl groups excluding tert-OH is 1. The van der Waals surface area contributed by atoms with Gasteiger partial charge in [0.25, 0.3) is 0 Å². The Bertz CT molecular complexity index is 775. The lowest BCUT2D eigenvalue weighted by molar-refractivity contribution is -0.158. The second-order valence-electron chi connectivity index (χ2n) is 10.2. The van der Waals surface area contributed by atoms with Crippen molar-refractivity contribution in [1.82, 2.24) is 4.90 Å². The highest BCUT2D eigenvalue weighted by atomic mass is 16.5. The molecule has 3 atom stereocenters. The predicted molar refractivity (Wildman–Crippen MR) is 111 cm³/mol. The van der Waals surface area contributed by atoms with Crippen LogP contribution in [-0.2, 0) is 20.9 Å². The molecule has 1 heterocycles. The third kappa shape index (κ3) is 3.54. The molecule has 1 aliphatic heterocycles. The molecule has 0 radical (unpaired) electrons. The summed E-state index contributed by atoms with van der Waals surface area (Å²) < 4.78 is 5.49. The Labute approximate surface area is 177 Å². The first-order valence-corrected chi connectivity index (χ1v) is 11.4. The van der Waals surface area contributed by atoms with Gasteiger partial charge in [0, 0.05) is 13.0 Å². The molecular formula is C24H32N2O4. The average molecular weight is 413 g/mol. The molecule has 6 nitrogen and oxygen atoms in total. The van der Waals surface area contributed by atoms with Crippen molar-refractivity contribution in [3.63, 3.8) is 0 Å². The number of ether oxygens (including phenoxy) is 1. The van der Waals surface area contributed by atoms with Crippen LogP contribution in [-0.4, -0.2) is 46.6 Å². The van der Waals surface area contributed by atoms with Gasteiger partial charge in [-0.15, -0.1) is 0 Å². The van der Waals surface area contributed by atoms with Gasteiger partial charge in [-0.3, -0.25) is 4.79 Å². The van der Waals surface area contributed by atoms with E-state index in [0.29, 0.717) is 17.8 Å². The van der Waals surface area contributed by atoms with E-state index in [-0.39, 0.29) is 30.9 Å². The van der Waals surface area contributed by atoms with Crippen LogP contribution in [0.4, 0.5) is 0 Å². The van der Waals surface area contributed by atoms with Crippen LogP contribution in [0.2, 0.25) is 0 Å². The van der Waals surface area contributed by atoms with E-state index >= 15 is 0 Å². The zero-order chi connectivity index (χ0) is 20.9. The minimum atomic E-state index is -0.754. The van der Waals surface area contributed by atoms with Gasteiger partial charge >= 0.3 is 5.97 Å². The van der Waals surface area contributed by atoms with E-state index in [1.807, 2.05) is 30.3 Å². The number of likely N-dealkylation sites (tertiary alicyclic amines) is 1. The monoisotopic (exact) mass is 412 g/mol. The fourth-order valence-electron chi connectivity index (χ4n) is 7.10. The van der Waals surface area contributed by atoms with Crippen molar-refractivity contribution >= 4 is 11.9 Å². The minimum Gasteiger partial charge on any atom is -0.459 e. The molecule has 1 aromatic carbocycles. The van der Waals surface area contributed by atoms with Gasteiger partial charge in [0.1, 0.15) is 12.6 Å². The fourth-order valence-corrected chi connectivity index (χ4v) is 7.10. The van der Waals surface area contributed by atoms with Crippen molar-refractivity contribution in [3.8, 4) is 0 Å². The van der Waals surface area contributed by atoms with Gasteiger partial charge < -0.3 is 20.5 Å². The third-order valence-electron chi connectivity index (χ3n) is 8.07. The number of rotatable bonds is 5. The number of nitrogens with zero attached hydrogens (tertiary/aromatic N) is 1. The standard InChI is InChI=1S/C24H32N2O4/c25-21(24-10-16-6-17(11-24)8-18(7-16)12-24)22(28)26-13-19(27)9-20(26)23(29)30-14-15-4-2-1-3-5-15/h1-5,16-21,27H,6-14,25H2/t16?,17?,18?,19-,20+,21-,24?/m1/s1. The van der Waals surface area contributed by atoms with Crippen LogP contribution in [0.3, 0.4) is 0 Å². The maximum absolute atomic E-state index is 13.5. The predicted octanol–water partition coefficient (Wildman–Crippen LogP) is 2.24. The molecule has 6 heteroatoms. The lowest BCUT2D eigenvalue weighted by Crippen LogP contribution is -2.61. The average Bonchev–Trinajstić information content (AvgIpc) is 3.12. The Balaban J connectivity index is 1.28. The number of carbonyl (C=O) groups is 2. The molecule has 4 saturated carbocycles. The van der Waals surface area contributed by atoms with Gasteiger partial charge in [-0.1, -0.05) is 30.3 Å². The van der Waals surface area contributed by atoms with Crippen molar-refractivity contribution in [1.29, 1.82) is 0 Å². The van der Waals surface area contributed by atoms with Crippen molar-refractivity contribution < 1.29 is 19.4 Å². The van der Waals surface area contributed by atoms with Crippen LogP contribution in [0, 0.1) is 23.2 Å². The number of β-amino-alcohol motifs (C(OH)–C–C–N with tert-alkyl or cyclic N) is 1. The third-order valence-corrected chi connectivity index (χ3v) is 8.07. The molecule has 5 fully saturated rings. The summed E-state index contributed by atoms with van der Waals surface area (Å²) in [4.78, 5) is 27.8. The van der Waals surface area contributed by atoms with Crippen LogP contribution in [0.25, 0.3) is 0 Å². The summed E-state index contributed by atoms with van der Waals surface area (Å²) in [5.41, 5.74) is 7.41. The van der Waals surface area contributed by atoms with Crippen molar-refractivity contribution in [2.24, 2.45) is 28.9 Å². The number of benzene rings is 1. The van der Waals surface area contributed by atoms with Crippen LogP contribution in [0.5, 0.6) is 0 Å². The van der Waals surface area contributed by atoms with Crippen LogP contribution >= 0.6 is 0 Å². The highest BCUT2D eigenvalue weighted by Gasteiger charge is 2.56. The number of esters is 1. The maximum atomic E-state index is 13.5. The number of aliphatic hydroxyl groups is 1. The zero-order valence-electron chi connectivity index (χ0n) is 17.4. The summed E-state index contributed by atoms with van der Waals surface area (Å²) in [6.45, 7) is 0.319. The lowest BCUT2D eigenvalue weighted by atomic mass is 9.47. The smallest absolute Gasteiger partial charge is 0.329 e. The molecule has 0 spiro atoms. The summed E-state index contributed by atoms with van der Waals surface area (Å²) in [6, 6.07) is 8.12. The molecule has 1 saturated heterocycles. The fraction of sp³-hybridized carbons (Fsp3) is 0.667. The Hall–Kier alpha value is -1.92. The molecule has 3 N–H and O–H groups in total. The van der Waals surface area contributed by atoms with E-state index in [4.69, 9.17) is 10.5 Å². The second kappa shape index (κ2) is 7.65. The molecule has 30 heavy (non-hydrogen) atoms. The molecule has 1 aromatic rings. The molecule has 4 bridgehead atoms. The molecule has 0 aromatic heterocycles. The van der Waals surface area contributed by atoms with Gasteiger partial charge in [-0.2, -0.15) is 0 Å². The van der Waals surface area contributed by atoms with Gasteiger partial charge in [-0.05, 0) is 67.3 Å². The topological polar surface area (TPSA) is 92.9 Å². The van der Waals surface area contributed by atoms with E-state index in [2.05, 4.69) is 0 Å². The summed E-state index contributed by atoms with van der Waals surface area (Å²) in [5.74, 6) is 1.46. The van der Waals surface area contributed by atoms with Crippen LogP contribution in [0.1, 0.15) is 50.5 Å². The van der Waals surface area contributed by atoms with Gasteiger partial charge in [0.2, 0.25) is 5.91 Å². The first-order chi connectivity index (χ1) is 14.4. The highest BCUT2D eigenvalue weighted by molar-refractivity contribution is 5.89. The van der Waals surface area contributed by atoms with Crippen molar-refractivity contribution in [2.75, 3.05) is 6.54 Å². The lowest BCUT2D eigenvalue weighted by Gasteiger charge is -2.58. The van der Waals surface area contributed by atoms with Gasteiger partial charge in [-0.25, -0.2) is 4.79 Å². The van der Waals surface area contributed by atoms with E-state index in [1.54, 1.807) is 0 Å². The largest absolute Gasteiger partial charge is 0.459 e. The molecule has 6 rings (SSSR count). The first-order valence-electron chi connectivity index (χ1n) is 11.4. The molecular weight excluding hydrogens is 380 g/mol. The second-order valence-corrected chi connectivity index (χ2v) is 10.2. The molecule has 0 unspecified atom stereocenters. The van der Waals surface area contributed by atoms with E-state index in [9.17, 15) is 14.7 Å². The van der Waals surface area contributed by atoms with E-state index in [1.165, 1.54) is 24.2 Å². The summed E-state index contributed by atoms with van der Waals surface area (Å²) in [6.07, 6.45) is 6.46. The molecule has 4 aliphatic carbocycles. The number of carbonyl (C=O) groups excluding carboxylic acids is 2. The van der Waals surface area contributed by atoms with E-state index < -0.39 is 24.2 Å². The van der Waals surface area contributed by atoms with Gasteiger partial charge in [0.05, 0.1) is 12.1 Å². The Kier molecular flexibility index (Phi) is 5.10. The summed E-state index contributed by atoms with van der Waals surface area (Å²) in [7, 11) is 0. The van der Waals surface area contributed by atoms with E-state index in [0.717, 1.165) is 24.8 Å². The number of nitrogens with two attached hydrogens (primary N) is 1. The zero-order valence-corrected chi connectivity index (χ0v) is 17.4. The number of hydrogen-bond acceptors (Lipinski definition) is 5. The summed E-state index contributed by atoms with van der Waals surface area (Å²) in [5, 5.41) is 10.2. The van der Waals surface area contributed by atoms with Crippen LogP contribution in [0.15, 0.2) is 30.3 Å². The number of amides is 1. The Morgan fingerprint density at radius 3 is 2.27 bits per heavy atom. The SMILES string of the molecule is N[C@H](C(=O)N1C[C@H](O)C[C@H]1C(=O)OCc1ccccc1)C12CC3CC(CC(C3)C1)C2. The molecule has 1 amide bonds. The first kappa shape index (κ1) is 20.0.